The van der Waals surface area contributed by atoms with Gasteiger partial charge in [-0.3, -0.25) is 9.59 Å². The molecule has 3 N–H and O–H groups in total. The number of carbonyl (C=O) groups excluding carboxylic acids is 2. The molecular weight excluding hydrogens is 574 g/mol. The van der Waals surface area contributed by atoms with Gasteiger partial charge in [-0.15, -0.1) is 0 Å². The molecule has 10 heteroatoms. The summed E-state index contributed by atoms with van der Waals surface area (Å²) in [5.41, 5.74) is 0.512. The Morgan fingerprint density at radius 1 is 1.23 bits per heavy atom. The highest BCUT2D eigenvalue weighted by Gasteiger charge is 2.45. The summed E-state index contributed by atoms with van der Waals surface area (Å²) in [6.45, 7) is 6.00. The lowest BCUT2D eigenvalue weighted by Gasteiger charge is -2.36. The van der Waals surface area contributed by atoms with Crippen LogP contribution in [0.3, 0.4) is 0 Å². The minimum atomic E-state index is -1.31. The minimum absolute atomic E-state index is 0.0173. The number of nitrogens with zero attached hydrogens (tertiary/aromatic N) is 1. The van der Waals surface area contributed by atoms with E-state index in [1.165, 1.54) is 13.2 Å². The second kappa shape index (κ2) is 12.5. The van der Waals surface area contributed by atoms with Crippen molar-refractivity contribution in [2.75, 3.05) is 20.3 Å². The molecule has 2 fully saturated rings. The van der Waals surface area contributed by atoms with Crippen LogP contribution in [0, 0.1) is 17.7 Å². The average Bonchev–Trinajstić information content (AvgIpc) is 3.54. The van der Waals surface area contributed by atoms with Gasteiger partial charge >= 0.3 is 0 Å². The maximum atomic E-state index is 14.2. The molecule has 0 bridgehead atoms. The molecule has 1 aromatic heterocycles. The summed E-state index contributed by atoms with van der Waals surface area (Å²) in [6.07, 6.45) is 4.10. The molecule has 232 valence electrons. The number of rotatable bonds is 13. The Morgan fingerprint density at radius 2 is 1.98 bits per heavy atom. The fourth-order valence-electron chi connectivity index (χ4n) is 5.93. The van der Waals surface area contributed by atoms with E-state index >= 15 is 0 Å². The largest absolute Gasteiger partial charge is 0.383 e. The molecule has 3 atom stereocenters. The molecule has 2 unspecified atom stereocenters. The maximum absolute atomic E-state index is 14.2. The number of methoxy groups -OCH3 is 1. The summed E-state index contributed by atoms with van der Waals surface area (Å²) < 4.78 is 34.0. The molecule has 43 heavy (non-hydrogen) atoms. The molecule has 2 aliphatic rings. The van der Waals surface area contributed by atoms with Gasteiger partial charge in [-0.25, -0.2) is 13.8 Å². The summed E-state index contributed by atoms with van der Waals surface area (Å²) in [4.78, 5) is 35.2. The topological polar surface area (TPSA) is 96.1 Å². The SMILES string of the molecule is COCC(C)(C(=O)N[C@@H](C(=O)NCC1(F)CC1)C1CCC1)c1ccc2nc(CC(c3cccc(F)c3Cl)C(C)C)[nH]c2c1. The minimum Gasteiger partial charge on any atom is -0.383 e. The number of amides is 2. The lowest BCUT2D eigenvalue weighted by Crippen LogP contribution is -2.57. The summed E-state index contributed by atoms with van der Waals surface area (Å²) >= 11 is 6.34. The fourth-order valence-corrected chi connectivity index (χ4v) is 6.20. The van der Waals surface area contributed by atoms with Gasteiger partial charge in [-0.1, -0.05) is 50.1 Å². The lowest BCUT2D eigenvalue weighted by molar-refractivity contribution is -0.135. The number of aromatic amines is 1. The monoisotopic (exact) mass is 614 g/mol. The normalized spacial score (nSPS) is 19.0. The molecule has 0 radical (unpaired) electrons. The van der Waals surface area contributed by atoms with E-state index in [2.05, 4.69) is 29.5 Å². The number of benzene rings is 2. The number of H-pyrrole nitrogens is 1. The van der Waals surface area contributed by atoms with E-state index in [1.54, 1.807) is 13.0 Å². The van der Waals surface area contributed by atoms with Gasteiger partial charge in [0.25, 0.3) is 0 Å². The molecule has 3 aromatic rings. The van der Waals surface area contributed by atoms with Crippen LogP contribution in [-0.4, -0.2) is 53.8 Å². The van der Waals surface area contributed by atoms with Crippen molar-refractivity contribution in [1.29, 1.82) is 0 Å². The maximum Gasteiger partial charge on any atom is 0.242 e. The van der Waals surface area contributed by atoms with Crippen LogP contribution in [0.5, 0.6) is 0 Å². The first-order chi connectivity index (χ1) is 20.4. The van der Waals surface area contributed by atoms with Crippen LogP contribution in [0.15, 0.2) is 36.4 Å². The second-order valence-corrected chi connectivity index (χ2v) is 13.3. The van der Waals surface area contributed by atoms with Gasteiger partial charge in [-0.2, -0.15) is 0 Å². The number of halogens is 3. The molecule has 0 spiro atoms. The molecule has 2 amide bonds. The average molecular weight is 615 g/mol. The van der Waals surface area contributed by atoms with Crippen molar-refractivity contribution < 1.29 is 23.1 Å². The molecule has 0 saturated heterocycles. The van der Waals surface area contributed by atoms with Gasteiger partial charge < -0.3 is 20.4 Å². The fraction of sp³-hybridized carbons (Fsp3) is 0.545. The van der Waals surface area contributed by atoms with E-state index < -0.39 is 22.9 Å². The van der Waals surface area contributed by atoms with Gasteiger partial charge in [0, 0.05) is 13.5 Å². The van der Waals surface area contributed by atoms with Crippen molar-refractivity contribution in [3.63, 3.8) is 0 Å². The number of hydrogen-bond acceptors (Lipinski definition) is 4. The van der Waals surface area contributed by atoms with Crippen molar-refractivity contribution in [2.45, 2.75) is 82.3 Å². The zero-order chi connectivity index (χ0) is 30.9. The Balaban J connectivity index is 1.37. The number of nitrogens with one attached hydrogen (secondary N) is 3. The van der Waals surface area contributed by atoms with Crippen LogP contribution >= 0.6 is 11.6 Å². The highest BCUT2D eigenvalue weighted by atomic mass is 35.5. The third-order valence-corrected chi connectivity index (χ3v) is 9.66. The first-order valence-corrected chi connectivity index (χ1v) is 15.5. The zero-order valence-electron chi connectivity index (χ0n) is 25.2. The van der Waals surface area contributed by atoms with Crippen molar-refractivity contribution in [1.82, 2.24) is 20.6 Å². The molecule has 1 heterocycles. The molecule has 2 saturated carbocycles. The summed E-state index contributed by atoms with van der Waals surface area (Å²) in [6, 6.07) is 9.75. The van der Waals surface area contributed by atoms with Crippen LogP contribution in [-0.2, 0) is 26.2 Å². The zero-order valence-corrected chi connectivity index (χ0v) is 26.0. The standard InChI is InChI=1S/C33H41ClF2N4O3/c1-19(2)23(22-9-6-10-24(35)28(22)34)16-27-38-25-12-11-21(15-26(25)39-27)32(3,18-43-4)31(42)40-29(20-7-5-8-20)30(41)37-17-33(36)13-14-33/h6,9-12,15,19-20,23,29H,5,7-8,13-14,16-18H2,1-4H3,(H,37,41)(H,38,39)(H,40,42)/t23?,29-,32?/m1/s1. The smallest absolute Gasteiger partial charge is 0.242 e. The molecule has 7 nitrogen and oxygen atoms in total. The molecule has 2 aliphatic carbocycles. The van der Waals surface area contributed by atoms with Crippen molar-refractivity contribution in [2.24, 2.45) is 11.8 Å². The van der Waals surface area contributed by atoms with Crippen LogP contribution < -0.4 is 10.6 Å². The van der Waals surface area contributed by atoms with Gasteiger partial charge in [0.2, 0.25) is 11.8 Å². The number of carbonyl (C=O) groups is 2. The Morgan fingerprint density at radius 3 is 2.60 bits per heavy atom. The van der Waals surface area contributed by atoms with Crippen LogP contribution in [0.4, 0.5) is 8.78 Å². The predicted octanol–water partition coefficient (Wildman–Crippen LogP) is 6.15. The highest BCUT2D eigenvalue weighted by molar-refractivity contribution is 6.31. The Hall–Kier alpha value is -3.04. The second-order valence-electron chi connectivity index (χ2n) is 12.9. The Labute approximate surface area is 256 Å². The number of ether oxygens (including phenoxy) is 1. The van der Waals surface area contributed by atoms with E-state index in [-0.39, 0.29) is 47.7 Å². The molecule has 5 rings (SSSR count). The summed E-state index contributed by atoms with van der Waals surface area (Å²) in [5.74, 6) is -0.250. The van der Waals surface area contributed by atoms with Crippen molar-refractivity contribution in [3.05, 3.63) is 64.2 Å². The number of aromatic nitrogens is 2. The quantitative estimate of drug-likeness (QED) is 0.215. The number of imidazole rings is 1. The number of alkyl halides is 1. The first kappa shape index (κ1) is 31.4. The summed E-state index contributed by atoms with van der Waals surface area (Å²) in [7, 11) is 1.54. The predicted molar refractivity (Wildman–Crippen MR) is 163 cm³/mol. The van der Waals surface area contributed by atoms with Gasteiger partial charge in [-0.05, 0) is 79.7 Å². The van der Waals surface area contributed by atoms with E-state index in [1.807, 2.05) is 24.3 Å². The van der Waals surface area contributed by atoms with E-state index in [4.69, 9.17) is 21.3 Å². The van der Waals surface area contributed by atoms with Crippen molar-refractivity contribution >= 4 is 34.4 Å². The van der Waals surface area contributed by atoms with Gasteiger partial charge in [0.05, 0.1) is 34.6 Å². The lowest BCUT2D eigenvalue weighted by atomic mass is 9.77. The Bertz CT molecular complexity index is 1490. The molecule has 2 aromatic carbocycles. The molecule has 0 aliphatic heterocycles. The number of hydrogen-bond donors (Lipinski definition) is 3. The van der Waals surface area contributed by atoms with E-state index in [9.17, 15) is 18.4 Å². The van der Waals surface area contributed by atoms with Crippen LogP contribution in [0.2, 0.25) is 5.02 Å². The highest BCUT2D eigenvalue weighted by Crippen LogP contribution is 2.39. The van der Waals surface area contributed by atoms with Crippen molar-refractivity contribution in [3.8, 4) is 0 Å². The van der Waals surface area contributed by atoms with Crippen LogP contribution in [0.1, 0.15) is 75.7 Å². The number of fused-ring (bicyclic) bond motifs is 1. The summed E-state index contributed by atoms with van der Waals surface area (Å²) in [5, 5.41) is 5.86. The third-order valence-electron chi connectivity index (χ3n) is 9.26. The Kier molecular flexibility index (Phi) is 9.14. The van der Waals surface area contributed by atoms with E-state index in [0.29, 0.717) is 24.8 Å². The first-order valence-electron chi connectivity index (χ1n) is 15.1. The third kappa shape index (κ3) is 6.73. The van der Waals surface area contributed by atoms with Gasteiger partial charge in [0.1, 0.15) is 23.4 Å². The van der Waals surface area contributed by atoms with Gasteiger partial charge in [0.15, 0.2) is 0 Å². The molecular formula is C33H41ClF2N4O3. The van der Waals surface area contributed by atoms with E-state index in [0.717, 1.165) is 41.7 Å². The van der Waals surface area contributed by atoms with Crippen LogP contribution in [0.25, 0.3) is 11.0 Å².